The number of sulfonamides is 1. The van der Waals surface area contributed by atoms with Crippen molar-refractivity contribution in [3.8, 4) is 0 Å². The number of carbonyl (C=O) groups is 2. The Labute approximate surface area is 176 Å². The maximum absolute atomic E-state index is 12.9. The summed E-state index contributed by atoms with van der Waals surface area (Å²) in [4.78, 5) is 24.0. The Morgan fingerprint density at radius 3 is 2.37 bits per heavy atom. The van der Waals surface area contributed by atoms with Crippen molar-refractivity contribution in [3.63, 3.8) is 0 Å². The van der Waals surface area contributed by atoms with Gasteiger partial charge in [0.2, 0.25) is 10.0 Å². The summed E-state index contributed by atoms with van der Waals surface area (Å²) in [7, 11) is -1.91. The van der Waals surface area contributed by atoms with Crippen molar-refractivity contribution in [2.45, 2.75) is 25.2 Å². The number of piperidine rings is 1. The summed E-state index contributed by atoms with van der Waals surface area (Å²) in [6.45, 7) is 4.66. The van der Waals surface area contributed by atoms with Gasteiger partial charge in [0.1, 0.15) is 0 Å². The second kappa shape index (κ2) is 8.97. The van der Waals surface area contributed by atoms with Gasteiger partial charge in [-0.25, -0.2) is 13.2 Å². The van der Waals surface area contributed by atoms with Crippen molar-refractivity contribution < 1.29 is 22.7 Å². The summed E-state index contributed by atoms with van der Waals surface area (Å²) in [5, 5.41) is 6.45. The molecule has 1 aliphatic rings. The van der Waals surface area contributed by atoms with E-state index in [1.165, 1.54) is 45.6 Å². The SMILES string of the molecule is CC1CC(C)CN(S(=O)(=O)c2ccc(NC(=O)COC(=O)c3cnn(C)c3)cc2)C1. The molecule has 1 aliphatic heterocycles. The Morgan fingerprint density at radius 1 is 1.17 bits per heavy atom. The third-order valence-corrected chi connectivity index (χ3v) is 6.73. The average Bonchev–Trinajstić information content (AvgIpc) is 3.12. The first-order chi connectivity index (χ1) is 14.1. The van der Waals surface area contributed by atoms with Crippen molar-refractivity contribution in [3.05, 3.63) is 42.2 Å². The number of hydrogen-bond donors (Lipinski definition) is 1. The van der Waals surface area contributed by atoms with Gasteiger partial charge in [-0.05, 0) is 42.5 Å². The van der Waals surface area contributed by atoms with E-state index in [1.807, 2.05) is 0 Å². The highest BCUT2D eigenvalue weighted by molar-refractivity contribution is 7.89. The summed E-state index contributed by atoms with van der Waals surface area (Å²) in [6, 6.07) is 5.97. The van der Waals surface area contributed by atoms with Gasteiger partial charge < -0.3 is 10.1 Å². The topological polar surface area (TPSA) is 111 Å². The first-order valence-electron chi connectivity index (χ1n) is 9.71. The van der Waals surface area contributed by atoms with Crippen LogP contribution < -0.4 is 5.32 Å². The molecule has 1 amide bonds. The second-order valence-corrected chi connectivity index (χ2v) is 9.76. The lowest BCUT2D eigenvalue weighted by Gasteiger charge is -2.34. The fraction of sp³-hybridized carbons (Fsp3) is 0.450. The first kappa shape index (κ1) is 22.0. The van der Waals surface area contributed by atoms with E-state index in [4.69, 9.17) is 4.74 Å². The van der Waals surface area contributed by atoms with Crippen molar-refractivity contribution >= 4 is 27.6 Å². The van der Waals surface area contributed by atoms with Crippen molar-refractivity contribution in [2.75, 3.05) is 25.0 Å². The highest BCUT2D eigenvalue weighted by Crippen LogP contribution is 2.27. The average molecular weight is 435 g/mol. The fourth-order valence-corrected chi connectivity index (χ4v) is 5.28. The number of nitrogens with zero attached hydrogens (tertiary/aromatic N) is 3. The molecule has 0 bridgehead atoms. The number of aromatic nitrogens is 2. The predicted octanol–water partition coefficient (Wildman–Crippen LogP) is 1.88. The minimum atomic E-state index is -3.58. The van der Waals surface area contributed by atoms with E-state index in [2.05, 4.69) is 24.3 Å². The van der Waals surface area contributed by atoms with Crippen LogP contribution in [-0.2, 0) is 26.6 Å². The van der Waals surface area contributed by atoms with Gasteiger partial charge in [-0.2, -0.15) is 9.40 Å². The summed E-state index contributed by atoms with van der Waals surface area (Å²) in [5.74, 6) is -0.542. The minimum absolute atomic E-state index is 0.185. The molecule has 162 valence electrons. The van der Waals surface area contributed by atoms with E-state index in [0.717, 1.165) is 6.42 Å². The predicted molar refractivity (Wildman–Crippen MR) is 110 cm³/mol. The standard InChI is InChI=1S/C20H26N4O5S/c1-14-8-15(2)11-24(10-14)30(27,28)18-6-4-17(5-7-18)22-19(25)13-29-20(26)16-9-21-23(3)12-16/h4-7,9,12,14-15H,8,10-11,13H2,1-3H3,(H,22,25). The van der Waals surface area contributed by atoms with Crippen LogP contribution in [0.5, 0.6) is 0 Å². The number of esters is 1. The van der Waals surface area contributed by atoms with E-state index in [1.54, 1.807) is 7.05 Å². The van der Waals surface area contributed by atoms with Gasteiger partial charge >= 0.3 is 5.97 Å². The van der Waals surface area contributed by atoms with E-state index in [-0.39, 0.29) is 10.5 Å². The molecular formula is C20H26N4O5S. The molecule has 2 heterocycles. The molecule has 3 rings (SSSR count). The molecule has 0 aliphatic carbocycles. The Bertz CT molecular complexity index is 1010. The highest BCUT2D eigenvalue weighted by Gasteiger charge is 2.31. The molecule has 2 unspecified atom stereocenters. The van der Waals surface area contributed by atoms with Gasteiger partial charge in [-0.1, -0.05) is 13.8 Å². The Morgan fingerprint density at radius 2 is 1.80 bits per heavy atom. The number of hydrogen-bond acceptors (Lipinski definition) is 6. The summed E-state index contributed by atoms with van der Waals surface area (Å²) in [6.07, 6.45) is 3.86. The van der Waals surface area contributed by atoms with E-state index in [9.17, 15) is 18.0 Å². The van der Waals surface area contributed by atoms with Crippen molar-refractivity contribution in [1.29, 1.82) is 0 Å². The zero-order chi connectivity index (χ0) is 21.9. The molecule has 1 aromatic heterocycles. The highest BCUT2D eigenvalue weighted by atomic mass is 32.2. The Kier molecular flexibility index (Phi) is 6.57. The number of nitrogens with one attached hydrogen (secondary N) is 1. The lowest BCUT2D eigenvalue weighted by Crippen LogP contribution is -2.42. The number of rotatable bonds is 6. The molecule has 2 aromatic rings. The maximum Gasteiger partial charge on any atom is 0.341 e. The third-order valence-electron chi connectivity index (χ3n) is 4.89. The molecule has 10 heteroatoms. The number of amides is 1. The van der Waals surface area contributed by atoms with Crippen LogP contribution in [0.2, 0.25) is 0 Å². The number of carbonyl (C=O) groups excluding carboxylic acids is 2. The zero-order valence-corrected chi connectivity index (χ0v) is 18.1. The number of anilines is 1. The molecule has 1 fully saturated rings. The van der Waals surface area contributed by atoms with Crippen LogP contribution >= 0.6 is 0 Å². The van der Waals surface area contributed by atoms with E-state index >= 15 is 0 Å². The van der Waals surface area contributed by atoms with Crippen LogP contribution in [0.3, 0.4) is 0 Å². The quantitative estimate of drug-likeness (QED) is 0.695. The molecule has 0 saturated carbocycles. The number of ether oxygens (including phenoxy) is 1. The number of aryl methyl sites for hydroxylation is 1. The summed E-state index contributed by atoms with van der Waals surface area (Å²) < 4.78 is 33.7. The largest absolute Gasteiger partial charge is 0.452 e. The van der Waals surface area contributed by atoms with Gasteiger partial charge in [0.25, 0.3) is 5.91 Å². The normalized spacial score (nSPS) is 20.0. The maximum atomic E-state index is 12.9. The van der Waals surface area contributed by atoms with Gasteiger partial charge in [0, 0.05) is 32.0 Å². The van der Waals surface area contributed by atoms with Crippen LogP contribution in [0.4, 0.5) is 5.69 Å². The monoisotopic (exact) mass is 434 g/mol. The summed E-state index contributed by atoms with van der Waals surface area (Å²) >= 11 is 0. The van der Waals surface area contributed by atoms with Crippen LogP contribution in [-0.4, -0.2) is 54.1 Å². The molecule has 0 radical (unpaired) electrons. The van der Waals surface area contributed by atoms with E-state index < -0.39 is 28.5 Å². The fourth-order valence-electron chi connectivity index (χ4n) is 3.60. The Balaban J connectivity index is 1.57. The number of benzene rings is 1. The Hall–Kier alpha value is -2.72. The van der Waals surface area contributed by atoms with Crippen LogP contribution in [0.1, 0.15) is 30.6 Å². The van der Waals surface area contributed by atoms with E-state index in [0.29, 0.717) is 30.6 Å². The summed E-state index contributed by atoms with van der Waals surface area (Å²) in [5.41, 5.74) is 0.665. The molecule has 1 N–H and O–H groups in total. The molecule has 9 nitrogen and oxygen atoms in total. The van der Waals surface area contributed by atoms with Crippen LogP contribution in [0.15, 0.2) is 41.6 Å². The molecule has 1 aromatic carbocycles. The molecule has 1 saturated heterocycles. The van der Waals surface area contributed by atoms with Crippen molar-refractivity contribution in [1.82, 2.24) is 14.1 Å². The lowest BCUT2D eigenvalue weighted by molar-refractivity contribution is -0.119. The smallest absolute Gasteiger partial charge is 0.341 e. The second-order valence-electron chi connectivity index (χ2n) is 7.82. The molecular weight excluding hydrogens is 408 g/mol. The van der Waals surface area contributed by atoms with Crippen molar-refractivity contribution in [2.24, 2.45) is 18.9 Å². The minimum Gasteiger partial charge on any atom is -0.452 e. The molecule has 2 atom stereocenters. The molecule has 30 heavy (non-hydrogen) atoms. The molecule has 0 spiro atoms. The van der Waals surface area contributed by atoms with Gasteiger partial charge in [0.15, 0.2) is 6.61 Å². The van der Waals surface area contributed by atoms with Crippen LogP contribution in [0.25, 0.3) is 0 Å². The van der Waals surface area contributed by atoms with Crippen LogP contribution in [0, 0.1) is 11.8 Å². The van der Waals surface area contributed by atoms with Gasteiger partial charge in [-0.3, -0.25) is 9.48 Å². The third kappa shape index (κ3) is 5.25. The van der Waals surface area contributed by atoms with Gasteiger partial charge in [-0.15, -0.1) is 0 Å². The van der Waals surface area contributed by atoms with Gasteiger partial charge in [0.05, 0.1) is 16.7 Å². The zero-order valence-electron chi connectivity index (χ0n) is 17.2. The first-order valence-corrected chi connectivity index (χ1v) is 11.1. The lowest BCUT2D eigenvalue weighted by atomic mass is 9.94.